The summed E-state index contributed by atoms with van der Waals surface area (Å²) in [6.45, 7) is -0.446. The smallest absolute Gasteiger partial charge is 0.395 e. The number of nitrogens with zero attached hydrogens (tertiary/aromatic N) is 2. The Kier molecular flexibility index (Phi) is 3.53. The lowest BCUT2D eigenvalue weighted by Crippen LogP contribution is -2.28. The van der Waals surface area contributed by atoms with Gasteiger partial charge in [-0.15, -0.1) is 0 Å². The summed E-state index contributed by atoms with van der Waals surface area (Å²) in [5.74, 6) is -0.908. The van der Waals surface area contributed by atoms with Gasteiger partial charge in [0.2, 0.25) is 0 Å². The van der Waals surface area contributed by atoms with Gasteiger partial charge in [0.05, 0.1) is 12.2 Å². The number of hydrogen-bond donors (Lipinski definition) is 2. The number of carbonyl (C=O) groups excluding carboxylic acids is 1. The standard InChI is InChI=1S/C8H10F3N3O2/c1-14-4-5(7(16)12-2-3-15)6(13-14)8(9,10)11/h4,15H,2-3H2,1H3,(H,12,16). The van der Waals surface area contributed by atoms with Gasteiger partial charge in [-0.05, 0) is 0 Å². The Morgan fingerprint density at radius 2 is 2.25 bits per heavy atom. The average molecular weight is 237 g/mol. The van der Waals surface area contributed by atoms with Crippen LogP contribution in [-0.4, -0.2) is 33.9 Å². The van der Waals surface area contributed by atoms with Gasteiger partial charge in [0.1, 0.15) is 0 Å². The van der Waals surface area contributed by atoms with Crippen LogP contribution in [0.1, 0.15) is 16.1 Å². The second-order valence-electron chi connectivity index (χ2n) is 3.04. The largest absolute Gasteiger partial charge is 0.435 e. The molecule has 8 heteroatoms. The number of amides is 1. The van der Waals surface area contributed by atoms with Gasteiger partial charge in [0.25, 0.3) is 5.91 Å². The fraction of sp³-hybridized carbons (Fsp3) is 0.500. The topological polar surface area (TPSA) is 67.2 Å². The number of hydrogen-bond acceptors (Lipinski definition) is 3. The molecule has 0 aromatic carbocycles. The van der Waals surface area contributed by atoms with Crippen LogP contribution < -0.4 is 5.32 Å². The highest BCUT2D eigenvalue weighted by atomic mass is 19.4. The fourth-order valence-electron chi connectivity index (χ4n) is 1.13. The molecule has 0 saturated carbocycles. The van der Waals surface area contributed by atoms with E-state index >= 15 is 0 Å². The lowest BCUT2D eigenvalue weighted by Gasteiger charge is -2.05. The minimum atomic E-state index is -4.67. The van der Waals surface area contributed by atoms with Crippen LogP contribution in [0.3, 0.4) is 0 Å². The Morgan fingerprint density at radius 3 is 2.75 bits per heavy atom. The van der Waals surface area contributed by atoms with E-state index in [-0.39, 0.29) is 13.2 Å². The predicted octanol–water partition coefficient (Wildman–Crippen LogP) is 0.161. The maximum atomic E-state index is 12.4. The average Bonchev–Trinajstić information content (AvgIpc) is 2.56. The number of rotatable bonds is 3. The molecule has 2 N–H and O–H groups in total. The molecule has 0 aliphatic carbocycles. The first-order chi connectivity index (χ1) is 7.36. The van der Waals surface area contributed by atoms with Crippen molar-refractivity contribution in [1.29, 1.82) is 0 Å². The molecule has 1 heterocycles. The van der Waals surface area contributed by atoms with Crippen LogP contribution in [0.4, 0.5) is 13.2 Å². The Hall–Kier alpha value is -1.57. The van der Waals surface area contributed by atoms with Crippen LogP contribution in [0, 0.1) is 0 Å². The van der Waals surface area contributed by atoms with Crippen LogP contribution in [0.2, 0.25) is 0 Å². The summed E-state index contributed by atoms with van der Waals surface area (Å²) in [6.07, 6.45) is -3.69. The molecule has 16 heavy (non-hydrogen) atoms. The van der Waals surface area contributed by atoms with Crippen molar-refractivity contribution >= 4 is 5.91 Å². The zero-order valence-corrected chi connectivity index (χ0v) is 8.38. The van der Waals surface area contributed by atoms with Gasteiger partial charge in [-0.3, -0.25) is 9.48 Å². The van der Waals surface area contributed by atoms with E-state index in [0.29, 0.717) is 0 Å². The molecular formula is C8H10F3N3O2. The number of aromatic nitrogens is 2. The normalized spacial score (nSPS) is 11.6. The molecule has 0 aliphatic heterocycles. The molecule has 1 aromatic heterocycles. The Morgan fingerprint density at radius 1 is 1.62 bits per heavy atom. The molecule has 0 bridgehead atoms. The second kappa shape index (κ2) is 4.52. The van der Waals surface area contributed by atoms with Crippen molar-refractivity contribution in [2.24, 2.45) is 7.05 Å². The maximum absolute atomic E-state index is 12.4. The molecule has 1 amide bonds. The molecule has 0 radical (unpaired) electrons. The SMILES string of the molecule is Cn1cc(C(=O)NCCO)c(C(F)(F)F)n1. The van der Waals surface area contributed by atoms with E-state index in [9.17, 15) is 18.0 Å². The number of aliphatic hydroxyl groups excluding tert-OH is 1. The van der Waals surface area contributed by atoms with Crippen LogP contribution in [-0.2, 0) is 13.2 Å². The van der Waals surface area contributed by atoms with Crippen molar-refractivity contribution in [3.63, 3.8) is 0 Å². The molecule has 0 spiro atoms. The van der Waals surface area contributed by atoms with E-state index in [1.54, 1.807) is 0 Å². The summed E-state index contributed by atoms with van der Waals surface area (Å²) in [4.78, 5) is 11.3. The zero-order chi connectivity index (χ0) is 12.3. The first kappa shape index (κ1) is 12.5. The quantitative estimate of drug-likeness (QED) is 0.787. The maximum Gasteiger partial charge on any atom is 0.435 e. The first-order valence-corrected chi connectivity index (χ1v) is 4.36. The minimum Gasteiger partial charge on any atom is -0.395 e. The van der Waals surface area contributed by atoms with E-state index < -0.39 is 23.3 Å². The molecule has 0 unspecified atom stereocenters. The lowest BCUT2D eigenvalue weighted by molar-refractivity contribution is -0.141. The van der Waals surface area contributed by atoms with Gasteiger partial charge < -0.3 is 10.4 Å². The van der Waals surface area contributed by atoms with E-state index in [0.717, 1.165) is 10.9 Å². The molecule has 0 saturated heterocycles. The van der Waals surface area contributed by atoms with Crippen LogP contribution in [0.25, 0.3) is 0 Å². The third-order valence-corrected chi connectivity index (χ3v) is 1.74. The zero-order valence-electron chi connectivity index (χ0n) is 8.38. The van der Waals surface area contributed by atoms with Crippen LogP contribution >= 0.6 is 0 Å². The third kappa shape index (κ3) is 2.72. The van der Waals surface area contributed by atoms with E-state index in [2.05, 4.69) is 10.4 Å². The van der Waals surface area contributed by atoms with Crippen molar-refractivity contribution in [2.75, 3.05) is 13.2 Å². The Bertz CT molecular complexity index is 386. The van der Waals surface area contributed by atoms with E-state index in [1.807, 2.05) is 0 Å². The fourth-order valence-corrected chi connectivity index (χ4v) is 1.13. The summed E-state index contributed by atoms with van der Waals surface area (Å²) in [5.41, 5.74) is -1.78. The number of alkyl halides is 3. The van der Waals surface area contributed by atoms with Gasteiger partial charge in [-0.25, -0.2) is 0 Å². The molecule has 1 aromatic rings. The first-order valence-electron chi connectivity index (χ1n) is 4.36. The van der Waals surface area contributed by atoms with Crippen molar-refractivity contribution in [3.05, 3.63) is 17.5 Å². The van der Waals surface area contributed by atoms with Crippen molar-refractivity contribution in [3.8, 4) is 0 Å². The van der Waals surface area contributed by atoms with Crippen molar-refractivity contribution in [2.45, 2.75) is 6.18 Å². The van der Waals surface area contributed by atoms with Gasteiger partial charge in [0, 0.05) is 19.8 Å². The number of nitrogens with one attached hydrogen (secondary N) is 1. The molecular weight excluding hydrogens is 227 g/mol. The number of aliphatic hydroxyl groups is 1. The molecule has 5 nitrogen and oxygen atoms in total. The second-order valence-corrected chi connectivity index (χ2v) is 3.04. The third-order valence-electron chi connectivity index (χ3n) is 1.74. The Balaban J connectivity index is 2.99. The Labute approximate surface area is 88.9 Å². The van der Waals surface area contributed by atoms with Gasteiger partial charge >= 0.3 is 6.18 Å². The predicted molar refractivity (Wildman–Crippen MR) is 47.6 cm³/mol. The number of aryl methyl sites for hydroxylation is 1. The van der Waals surface area contributed by atoms with Gasteiger partial charge in [-0.2, -0.15) is 18.3 Å². The van der Waals surface area contributed by atoms with Crippen LogP contribution in [0.15, 0.2) is 6.20 Å². The molecule has 0 fully saturated rings. The van der Waals surface area contributed by atoms with Gasteiger partial charge in [0.15, 0.2) is 5.69 Å². The lowest BCUT2D eigenvalue weighted by atomic mass is 10.2. The highest BCUT2D eigenvalue weighted by molar-refractivity contribution is 5.95. The monoisotopic (exact) mass is 237 g/mol. The van der Waals surface area contributed by atoms with E-state index in [4.69, 9.17) is 5.11 Å². The van der Waals surface area contributed by atoms with Crippen molar-refractivity contribution < 1.29 is 23.1 Å². The number of halogens is 3. The summed E-state index contributed by atoms with van der Waals surface area (Å²) >= 11 is 0. The molecule has 90 valence electrons. The molecule has 1 rings (SSSR count). The summed E-state index contributed by atoms with van der Waals surface area (Å²) in [6, 6.07) is 0. The summed E-state index contributed by atoms with van der Waals surface area (Å²) < 4.78 is 38.2. The summed E-state index contributed by atoms with van der Waals surface area (Å²) in [7, 11) is 1.29. The van der Waals surface area contributed by atoms with Crippen molar-refractivity contribution in [1.82, 2.24) is 15.1 Å². The summed E-state index contributed by atoms with van der Waals surface area (Å²) in [5, 5.41) is 13.8. The minimum absolute atomic E-state index is 0.106. The van der Waals surface area contributed by atoms with E-state index in [1.165, 1.54) is 7.05 Å². The highest BCUT2D eigenvalue weighted by Crippen LogP contribution is 2.30. The molecule has 0 atom stereocenters. The number of carbonyl (C=O) groups is 1. The van der Waals surface area contributed by atoms with Crippen LogP contribution in [0.5, 0.6) is 0 Å². The molecule has 0 aliphatic rings. The highest BCUT2D eigenvalue weighted by Gasteiger charge is 2.38. The van der Waals surface area contributed by atoms with Gasteiger partial charge in [-0.1, -0.05) is 0 Å².